The lowest BCUT2D eigenvalue weighted by Gasteiger charge is -1.97. The standard InChI is InChI=1S/C10H13NO.C2H4O2.C2H2/c1-12-10-8-6-4-2-3-5-7-9-11-10;1-2(3)4;1-2/h2-5,8-9H,6-7H2,1H3;1H3,(H,3,4);1-2H/b4-2-,5-3-,10-8+,11-9-;;. The number of carboxylic acids is 1. The fourth-order valence-corrected chi connectivity index (χ4v) is 0.875. The first-order valence-corrected chi connectivity index (χ1v) is 5.28. The van der Waals surface area contributed by atoms with Gasteiger partial charge in [0.15, 0.2) is 0 Å². The van der Waals surface area contributed by atoms with Gasteiger partial charge in [0, 0.05) is 19.6 Å². The Hall–Kier alpha value is -2.28. The summed E-state index contributed by atoms with van der Waals surface area (Å²) in [6.07, 6.45) is 21.7. The van der Waals surface area contributed by atoms with Crippen LogP contribution in [0.25, 0.3) is 0 Å². The van der Waals surface area contributed by atoms with Crippen LogP contribution in [0.15, 0.2) is 41.3 Å². The third kappa shape index (κ3) is 16.2. The maximum Gasteiger partial charge on any atom is 0.300 e. The van der Waals surface area contributed by atoms with Gasteiger partial charge in [-0.2, -0.15) is 0 Å². The number of nitrogens with zero attached hydrogens (tertiary/aromatic N) is 1. The van der Waals surface area contributed by atoms with Crippen LogP contribution in [0.3, 0.4) is 0 Å². The number of allylic oxidation sites excluding steroid dienone is 5. The highest BCUT2D eigenvalue weighted by atomic mass is 16.5. The van der Waals surface area contributed by atoms with Crippen LogP contribution in [0.1, 0.15) is 19.8 Å². The molecule has 1 rings (SSSR count). The van der Waals surface area contributed by atoms with Crippen molar-refractivity contribution in [1.82, 2.24) is 0 Å². The Morgan fingerprint density at radius 3 is 2.33 bits per heavy atom. The molecular formula is C14H19NO3. The first-order valence-electron chi connectivity index (χ1n) is 5.28. The predicted octanol–water partition coefficient (Wildman–Crippen LogP) is 2.79. The number of carbonyl (C=O) groups is 1. The lowest BCUT2D eigenvalue weighted by Crippen LogP contribution is -1.84. The topological polar surface area (TPSA) is 58.9 Å². The Kier molecular flexibility index (Phi) is 14.8. The lowest BCUT2D eigenvalue weighted by molar-refractivity contribution is -0.134. The molecule has 1 N–H and O–H groups in total. The number of carboxylic acid groups (broad SMARTS) is 1. The van der Waals surface area contributed by atoms with Gasteiger partial charge >= 0.3 is 0 Å². The van der Waals surface area contributed by atoms with E-state index in [1.165, 1.54) is 0 Å². The highest BCUT2D eigenvalue weighted by Crippen LogP contribution is 2.01. The van der Waals surface area contributed by atoms with Crippen LogP contribution in [0.2, 0.25) is 0 Å². The minimum atomic E-state index is -0.833. The lowest BCUT2D eigenvalue weighted by atomic mass is 10.3. The van der Waals surface area contributed by atoms with Crippen molar-refractivity contribution in [2.75, 3.05) is 7.11 Å². The van der Waals surface area contributed by atoms with Gasteiger partial charge < -0.3 is 9.84 Å². The minimum Gasteiger partial charge on any atom is -0.481 e. The molecule has 0 aliphatic carbocycles. The SMILES string of the molecule is C#C.CC(=O)O.COC1=C/C/C=C\C=C/C/C=N\1. The number of hydrogen-bond donors (Lipinski definition) is 1. The summed E-state index contributed by atoms with van der Waals surface area (Å²) in [7, 11) is 1.63. The number of aliphatic imine (C=N–C) groups is 1. The number of aliphatic carboxylic acids is 1. The quantitative estimate of drug-likeness (QED) is 0.727. The molecule has 0 fully saturated rings. The Morgan fingerprint density at radius 2 is 1.83 bits per heavy atom. The van der Waals surface area contributed by atoms with Gasteiger partial charge in [-0.15, -0.1) is 12.8 Å². The van der Waals surface area contributed by atoms with Gasteiger partial charge in [0.2, 0.25) is 5.88 Å². The van der Waals surface area contributed by atoms with Crippen LogP contribution < -0.4 is 0 Å². The molecule has 1 heterocycles. The number of ether oxygens (including phenoxy) is 1. The van der Waals surface area contributed by atoms with Crippen LogP contribution in [0.5, 0.6) is 0 Å². The molecule has 18 heavy (non-hydrogen) atoms. The number of rotatable bonds is 1. The minimum absolute atomic E-state index is 0.690. The Balaban J connectivity index is 0. The molecule has 4 heteroatoms. The molecule has 0 atom stereocenters. The van der Waals surface area contributed by atoms with Crippen LogP contribution in [-0.4, -0.2) is 24.4 Å². The summed E-state index contributed by atoms with van der Waals surface area (Å²) in [5.41, 5.74) is 0. The first-order chi connectivity index (χ1) is 8.66. The molecule has 0 aromatic carbocycles. The van der Waals surface area contributed by atoms with Crippen molar-refractivity contribution in [3.8, 4) is 12.8 Å². The van der Waals surface area contributed by atoms with Crippen molar-refractivity contribution in [1.29, 1.82) is 0 Å². The Bertz CT molecular complexity index is 345. The van der Waals surface area contributed by atoms with Crippen molar-refractivity contribution in [3.63, 3.8) is 0 Å². The second-order valence-electron chi connectivity index (χ2n) is 2.90. The van der Waals surface area contributed by atoms with Gasteiger partial charge in [-0.05, 0) is 12.5 Å². The van der Waals surface area contributed by atoms with Gasteiger partial charge in [0.25, 0.3) is 5.97 Å². The number of terminal acetylenes is 1. The van der Waals surface area contributed by atoms with Crippen molar-refractivity contribution in [2.24, 2.45) is 4.99 Å². The van der Waals surface area contributed by atoms with E-state index in [4.69, 9.17) is 14.6 Å². The maximum absolute atomic E-state index is 9.00. The van der Waals surface area contributed by atoms with E-state index in [2.05, 4.69) is 30.0 Å². The Labute approximate surface area is 108 Å². The van der Waals surface area contributed by atoms with Gasteiger partial charge in [0.1, 0.15) is 0 Å². The highest BCUT2D eigenvalue weighted by molar-refractivity contribution is 5.63. The fourth-order valence-electron chi connectivity index (χ4n) is 0.875. The molecule has 0 spiro atoms. The van der Waals surface area contributed by atoms with E-state index in [0.29, 0.717) is 5.88 Å². The summed E-state index contributed by atoms with van der Waals surface area (Å²) in [5.74, 6) is -0.144. The summed E-state index contributed by atoms with van der Waals surface area (Å²) in [6.45, 7) is 1.08. The fraction of sp³-hybridized carbons (Fsp3) is 0.286. The van der Waals surface area contributed by atoms with E-state index in [1.54, 1.807) is 7.11 Å². The van der Waals surface area contributed by atoms with E-state index in [0.717, 1.165) is 19.8 Å². The van der Waals surface area contributed by atoms with Gasteiger partial charge in [-0.25, -0.2) is 4.99 Å². The molecule has 0 aromatic heterocycles. The second kappa shape index (κ2) is 14.7. The van der Waals surface area contributed by atoms with Crippen LogP contribution in [-0.2, 0) is 9.53 Å². The van der Waals surface area contributed by atoms with Crippen LogP contribution >= 0.6 is 0 Å². The summed E-state index contributed by atoms with van der Waals surface area (Å²) in [5, 5.41) is 7.42. The summed E-state index contributed by atoms with van der Waals surface area (Å²) in [6, 6.07) is 0. The molecule has 0 aromatic rings. The van der Waals surface area contributed by atoms with E-state index in [9.17, 15) is 0 Å². The molecule has 0 saturated heterocycles. The van der Waals surface area contributed by atoms with Crippen molar-refractivity contribution >= 4 is 12.2 Å². The van der Waals surface area contributed by atoms with E-state index >= 15 is 0 Å². The molecule has 4 nitrogen and oxygen atoms in total. The van der Waals surface area contributed by atoms with Crippen molar-refractivity contribution in [3.05, 3.63) is 36.3 Å². The molecule has 0 radical (unpaired) electrons. The molecule has 0 unspecified atom stereocenters. The third-order valence-electron chi connectivity index (χ3n) is 1.48. The van der Waals surface area contributed by atoms with Crippen molar-refractivity contribution < 1.29 is 14.6 Å². The molecule has 0 bridgehead atoms. The second-order valence-corrected chi connectivity index (χ2v) is 2.90. The smallest absolute Gasteiger partial charge is 0.300 e. The average molecular weight is 249 g/mol. The molecule has 0 saturated carbocycles. The average Bonchev–Trinajstić information content (AvgIpc) is 2.37. The molecular weight excluding hydrogens is 230 g/mol. The van der Waals surface area contributed by atoms with Crippen LogP contribution in [0, 0.1) is 12.8 Å². The van der Waals surface area contributed by atoms with Gasteiger partial charge in [0.05, 0.1) is 7.11 Å². The maximum atomic E-state index is 9.00. The van der Waals surface area contributed by atoms with E-state index < -0.39 is 5.97 Å². The zero-order valence-corrected chi connectivity index (χ0v) is 10.7. The highest BCUT2D eigenvalue weighted by Gasteiger charge is 1.88. The normalized spacial score (nSPS) is 21.2. The molecule has 1 aliphatic heterocycles. The zero-order valence-electron chi connectivity index (χ0n) is 10.7. The molecule has 1 aliphatic rings. The number of hydrogen-bond acceptors (Lipinski definition) is 3. The largest absolute Gasteiger partial charge is 0.481 e. The van der Waals surface area contributed by atoms with Crippen LogP contribution in [0.4, 0.5) is 0 Å². The van der Waals surface area contributed by atoms with E-state index in [-0.39, 0.29) is 0 Å². The first kappa shape index (κ1) is 18.1. The Morgan fingerprint density at radius 1 is 1.33 bits per heavy atom. The number of methoxy groups -OCH3 is 1. The van der Waals surface area contributed by atoms with Gasteiger partial charge in [-0.1, -0.05) is 24.3 Å². The zero-order chi connectivity index (χ0) is 14.2. The summed E-state index contributed by atoms with van der Waals surface area (Å²) < 4.78 is 5.03. The van der Waals surface area contributed by atoms with Crippen molar-refractivity contribution in [2.45, 2.75) is 19.8 Å². The summed E-state index contributed by atoms with van der Waals surface area (Å²) in [4.78, 5) is 13.1. The molecule has 98 valence electrons. The monoisotopic (exact) mass is 249 g/mol. The van der Waals surface area contributed by atoms with E-state index in [1.807, 2.05) is 24.4 Å². The third-order valence-corrected chi connectivity index (χ3v) is 1.48. The predicted molar refractivity (Wildman–Crippen MR) is 74.3 cm³/mol. The molecule has 0 amide bonds. The summed E-state index contributed by atoms with van der Waals surface area (Å²) >= 11 is 0. The van der Waals surface area contributed by atoms with Gasteiger partial charge in [-0.3, -0.25) is 4.79 Å².